The van der Waals surface area contributed by atoms with Crippen molar-refractivity contribution in [1.29, 1.82) is 0 Å². The lowest BCUT2D eigenvalue weighted by atomic mass is 10.1. The Labute approximate surface area is 113 Å². The molecule has 108 valence electrons. The predicted molar refractivity (Wildman–Crippen MR) is 69.8 cm³/mol. The molecule has 0 spiro atoms. The van der Waals surface area contributed by atoms with Gasteiger partial charge in [-0.15, -0.1) is 0 Å². The van der Waals surface area contributed by atoms with Crippen molar-refractivity contribution in [2.24, 2.45) is 0 Å². The zero-order chi connectivity index (χ0) is 13.6. The van der Waals surface area contributed by atoms with Crippen molar-refractivity contribution < 1.29 is 13.2 Å². The smallest absolute Gasteiger partial charge is 0.317 e. The molecular weight excluding hydrogens is 268 g/mol. The third-order valence-electron chi connectivity index (χ3n) is 4.27. The summed E-state index contributed by atoms with van der Waals surface area (Å²) in [5.41, 5.74) is 0. The van der Waals surface area contributed by atoms with Crippen molar-refractivity contribution in [3.05, 3.63) is 0 Å². The quantitative estimate of drug-likeness (QED) is 0.755. The van der Waals surface area contributed by atoms with Crippen LogP contribution in [0.2, 0.25) is 0 Å². The van der Waals surface area contributed by atoms with Crippen LogP contribution in [0.15, 0.2) is 0 Å². The van der Waals surface area contributed by atoms with Crippen molar-refractivity contribution in [3.8, 4) is 0 Å². The van der Waals surface area contributed by atoms with E-state index in [1.807, 2.05) is 6.92 Å². The van der Waals surface area contributed by atoms with Crippen LogP contribution in [0, 0.1) is 0 Å². The summed E-state index contributed by atoms with van der Waals surface area (Å²) in [7, 11) is -3.32. The van der Waals surface area contributed by atoms with Gasteiger partial charge >= 0.3 is 6.03 Å². The standard InChI is InChI=1S/C11H20N4O3S/c1-9-3-2-5-15(9)19(17,18)13-7-10(8-13)14-6-4-12-11(14)16/h9-10H,2-8H2,1H3,(H,12,16). The summed E-state index contributed by atoms with van der Waals surface area (Å²) in [6.07, 6.45) is 1.87. The highest BCUT2D eigenvalue weighted by molar-refractivity contribution is 7.86. The van der Waals surface area contributed by atoms with Crippen LogP contribution in [-0.2, 0) is 10.2 Å². The van der Waals surface area contributed by atoms with Gasteiger partial charge in [0.1, 0.15) is 0 Å². The molecule has 3 fully saturated rings. The Hall–Kier alpha value is -0.860. The molecule has 1 N–H and O–H groups in total. The third kappa shape index (κ3) is 2.11. The molecule has 7 nitrogen and oxygen atoms in total. The largest absolute Gasteiger partial charge is 0.336 e. The Bertz CT molecular complexity index is 474. The molecule has 3 aliphatic heterocycles. The fourth-order valence-electron chi connectivity index (χ4n) is 3.03. The van der Waals surface area contributed by atoms with Crippen LogP contribution in [0.4, 0.5) is 4.79 Å². The lowest BCUT2D eigenvalue weighted by Crippen LogP contribution is -2.64. The summed E-state index contributed by atoms with van der Waals surface area (Å²) in [6.45, 7) is 4.77. The van der Waals surface area contributed by atoms with Gasteiger partial charge in [-0.2, -0.15) is 17.0 Å². The molecular formula is C11H20N4O3S. The van der Waals surface area contributed by atoms with Gasteiger partial charge in [0.15, 0.2) is 0 Å². The van der Waals surface area contributed by atoms with Crippen LogP contribution < -0.4 is 5.32 Å². The maximum atomic E-state index is 12.4. The molecule has 0 aromatic heterocycles. The Balaban J connectivity index is 1.62. The number of nitrogens with one attached hydrogen (secondary N) is 1. The highest BCUT2D eigenvalue weighted by Gasteiger charge is 2.45. The van der Waals surface area contributed by atoms with E-state index in [0.29, 0.717) is 32.7 Å². The maximum Gasteiger partial charge on any atom is 0.317 e. The average molecular weight is 288 g/mol. The zero-order valence-corrected chi connectivity index (χ0v) is 11.9. The van der Waals surface area contributed by atoms with E-state index in [9.17, 15) is 13.2 Å². The minimum Gasteiger partial charge on any atom is -0.336 e. The first-order chi connectivity index (χ1) is 9.00. The monoisotopic (exact) mass is 288 g/mol. The molecule has 3 rings (SSSR count). The number of hydrogen-bond acceptors (Lipinski definition) is 3. The molecule has 0 aromatic rings. The molecule has 0 aliphatic carbocycles. The average Bonchev–Trinajstić information content (AvgIpc) is 2.86. The molecule has 0 radical (unpaired) electrons. The SMILES string of the molecule is CC1CCCN1S(=O)(=O)N1CC(N2CCNC2=O)C1. The summed E-state index contributed by atoms with van der Waals surface area (Å²) >= 11 is 0. The number of carbonyl (C=O) groups is 1. The van der Waals surface area contributed by atoms with E-state index in [1.54, 1.807) is 9.21 Å². The van der Waals surface area contributed by atoms with Crippen LogP contribution in [0.5, 0.6) is 0 Å². The fourth-order valence-corrected chi connectivity index (χ4v) is 4.97. The lowest BCUT2D eigenvalue weighted by Gasteiger charge is -2.44. The van der Waals surface area contributed by atoms with Gasteiger partial charge in [-0.25, -0.2) is 4.79 Å². The van der Waals surface area contributed by atoms with Gasteiger partial charge in [-0.1, -0.05) is 0 Å². The second-order valence-electron chi connectivity index (χ2n) is 5.51. The van der Waals surface area contributed by atoms with E-state index < -0.39 is 10.2 Å². The Kier molecular flexibility index (Phi) is 3.18. The van der Waals surface area contributed by atoms with Gasteiger partial charge in [0.2, 0.25) is 0 Å². The number of carbonyl (C=O) groups excluding carboxylic acids is 1. The number of hydrogen-bond donors (Lipinski definition) is 1. The molecule has 0 bridgehead atoms. The second-order valence-corrected chi connectivity index (χ2v) is 7.39. The van der Waals surface area contributed by atoms with Crippen LogP contribution in [-0.4, -0.2) is 72.8 Å². The highest BCUT2D eigenvalue weighted by Crippen LogP contribution is 2.27. The van der Waals surface area contributed by atoms with E-state index in [0.717, 1.165) is 12.8 Å². The third-order valence-corrected chi connectivity index (χ3v) is 6.36. The number of amides is 2. The zero-order valence-electron chi connectivity index (χ0n) is 11.1. The van der Waals surface area contributed by atoms with Gasteiger partial charge in [0.05, 0.1) is 6.04 Å². The van der Waals surface area contributed by atoms with Crippen molar-refractivity contribution in [2.75, 3.05) is 32.7 Å². The van der Waals surface area contributed by atoms with E-state index >= 15 is 0 Å². The van der Waals surface area contributed by atoms with E-state index in [4.69, 9.17) is 0 Å². The first kappa shape index (κ1) is 13.1. The normalized spacial score (nSPS) is 30.7. The summed E-state index contributed by atoms with van der Waals surface area (Å²) in [6, 6.07) is 0.0610. The second kappa shape index (κ2) is 4.60. The summed E-state index contributed by atoms with van der Waals surface area (Å²) in [5.74, 6) is 0. The Morgan fingerprint density at radius 2 is 2.00 bits per heavy atom. The topological polar surface area (TPSA) is 73.0 Å². The van der Waals surface area contributed by atoms with Gasteiger partial charge in [-0.05, 0) is 19.8 Å². The lowest BCUT2D eigenvalue weighted by molar-refractivity contribution is 0.118. The van der Waals surface area contributed by atoms with Crippen LogP contribution in [0.1, 0.15) is 19.8 Å². The highest BCUT2D eigenvalue weighted by atomic mass is 32.2. The maximum absolute atomic E-state index is 12.4. The summed E-state index contributed by atoms with van der Waals surface area (Å²) in [5, 5.41) is 2.74. The van der Waals surface area contributed by atoms with Crippen molar-refractivity contribution in [3.63, 3.8) is 0 Å². The van der Waals surface area contributed by atoms with E-state index in [-0.39, 0.29) is 18.1 Å². The molecule has 0 saturated carbocycles. The Morgan fingerprint density at radius 3 is 2.53 bits per heavy atom. The molecule has 19 heavy (non-hydrogen) atoms. The molecule has 3 saturated heterocycles. The van der Waals surface area contributed by atoms with Gasteiger partial charge in [-0.3, -0.25) is 0 Å². The minimum atomic E-state index is -3.32. The Morgan fingerprint density at radius 1 is 1.26 bits per heavy atom. The summed E-state index contributed by atoms with van der Waals surface area (Å²) < 4.78 is 27.9. The fraction of sp³-hybridized carbons (Fsp3) is 0.909. The predicted octanol–water partition coefficient (Wildman–Crippen LogP) is -0.575. The molecule has 3 heterocycles. The van der Waals surface area contributed by atoms with Crippen LogP contribution >= 0.6 is 0 Å². The number of urea groups is 1. The van der Waals surface area contributed by atoms with Gasteiger partial charge < -0.3 is 10.2 Å². The number of nitrogens with zero attached hydrogens (tertiary/aromatic N) is 3. The first-order valence-corrected chi connectivity index (χ1v) is 8.21. The van der Waals surface area contributed by atoms with Crippen molar-refractivity contribution >= 4 is 16.2 Å². The van der Waals surface area contributed by atoms with Crippen molar-refractivity contribution in [2.45, 2.75) is 31.8 Å². The molecule has 1 unspecified atom stereocenters. The van der Waals surface area contributed by atoms with Crippen LogP contribution in [0.25, 0.3) is 0 Å². The minimum absolute atomic E-state index is 0.0372. The first-order valence-electron chi connectivity index (χ1n) is 6.81. The molecule has 0 aromatic carbocycles. The van der Waals surface area contributed by atoms with Crippen LogP contribution in [0.3, 0.4) is 0 Å². The molecule has 1 atom stereocenters. The van der Waals surface area contributed by atoms with Gasteiger partial charge in [0, 0.05) is 38.8 Å². The molecule has 3 aliphatic rings. The van der Waals surface area contributed by atoms with E-state index in [1.165, 1.54) is 4.31 Å². The van der Waals surface area contributed by atoms with Gasteiger partial charge in [0.25, 0.3) is 10.2 Å². The van der Waals surface area contributed by atoms with Crippen molar-refractivity contribution in [1.82, 2.24) is 18.8 Å². The molecule has 2 amide bonds. The molecule has 8 heteroatoms. The number of rotatable bonds is 3. The van der Waals surface area contributed by atoms with E-state index in [2.05, 4.69) is 5.32 Å². The summed E-state index contributed by atoms with van der Waals surface area (Å²) in [4.78, 5) is 13.2.